The topological polar surface area (TPSA) is 43.9 Å². The molecule has 6 heteroatoms. The Morgan fingerprint density at radius 3 is 1.97 bits per heavy atom. The normalized spacial score (nSPS) is 24.6. The van der Waals surface area contributed by atoms with Crippen molar-refractivity contribution < 1.29 is 9.59 Å². The summed E-state index contributed by atoms with van der Waals surface area (Å²) in [6.45, 7) is 10.0. The second-order valence-electron chi connectivity index (χ2n) is 8.41. The Hall–Kier alpha value is -1.85. The van der Waals surface area contributed by atoms with Gasteiger partial charge >= 0.3 is 0 Å². The molecule has 2 atom stereocenters. The van der Waals surface area contributed by atoms with Crippen LogP contribution < -0.4 is 4.90 Å². The number of para-hydroxylation sites is 1. The Kier molecular flexibility index (Phi) is 7.01. The number of carbonyl (C=O) groups is 2. The Balaban J connectivity index is 0.00000240. The van der Waals surface area contributed by atoms with E-state index in [0.717, 1.165) is 52.0 Å². The van der Waals surface area contributed by atoms with E-state index in [0.29, 0.717) is 6.54 Å². The molecule has 158 valence electrons. The number of fused-ring (bicyclic) bond motifs is 1. The number of carbonyl (C=O) groups excluding carboxylic acids is 2. The molecule has 0 spiro atoms. The van der Waals surface area contributed by atoms with Crippen LogP contribution >= 0.6 is 12.4 Å². The standard InChI is InChI=1S/C23H31N3O2.ClH/c1-17-7-5-8-18(2)21(17)25-15-13-24(14-16-25)11-6-12-26-22(27)19-9-3-4-10-20(19)23(26)28;/h3-5,7-8,19-20H,6,9-16H2,1-2H3;1H. The van der Waals surface area contributed by atoms with Gasteiger partial charge in [0.25, 0.3) is 0 Å². The molecule has 2 unspecified atom stereocenters. The van der Waals surface area contributed by atoms with Crippen molar-refractivity contribution in [3.8, 4) is 0 Å². The minimum atomic E-state index is -0.0987. The molecule has 2 heterocycles. The Bertz CT molecular complexity index is 740. The number of rotatable bonds is 5. The number of imide groups is 1. The summed E-state index contributed by atoms with van der Waals surface area (Å²) in [6, 6.07) is 6.50. The molecular formula is C23H32ClN3O2. The molecule has 2 amide bonds. The summed E-state index contributed by atoms with van der Waals surface area (Å²) in [4.78, 5) is 31.6. The van der Waals surface area contributed by atoms with Gasteiger partial charge in [-0.2, -0.15) is 0 Å². The number of aryl methyl sites for hydroxylation is 2. The van der Waals surface area contributed by atoms with Crippen LogP contribution in [-0.4, -0.2) is 60.9 Å². The van der Waals surface area contributed by atoms with E-state index in [1.54, 1.807) is 0 Å². The van der Waals surface area contributed by atoms with Crippen LogP contribution in [-0.2, 0) is 9.59 Å². The third-order valence-corrected chi connectivity index (χ3v) is 6.58. The van der Waals surface area contributed by atoms with Crippen LogP contribution in [0, 0.1) is 25.7 Å². The van der Waals surface area contributed by atoms with Gasteiger partial charge in [0.2, 0.25) is 11.8 Å². The van der Waals surface area contributed by atoms with Crippen LogP contribution in [0.3, 0.4) is 0 Å². The number of piperazine rings is 1. The van der Waals surface area contributed by atoms with Crippen molar-refractivity contribution in [3.05, 3.63) is 41.5 Å². The first-order valence-corrected chi connectivity index (χ1v) is 10.6. The molecule has 1 aromatic rings. The molecule has 29 heavy (non-hydrogen) atoms. The molecule has 2 fully saturated rings. The minimum absolute atomic E-state index is 0. The van der Waals surface area contributed by atoms with Crippen LogP contribution in [0.15, 0.2) is 30.4 Å². The highest BCUT2D eigenvalue weighted by Gasteiger charge is 2.46. The average Bonchev–Trinajstić information content (AvgIpc) is 2.94. The van der Waals surface area contributed by atoms with Gasteiger partial charge in [-0.3, -0.25) is 19.4 Å². The first kappa shape index (κ1) is 21.8. The maximum atomic E-state index is 12.5. The summed E-state index contributed by atoms with van der Waals surface area (Å²) in [5.41, 5.74) is 4.07. The van der Waals surface area contributed by atoms with Crippen molar-refractivity contribution in [2.24, 2.45) is 11.8 Å². The molecule has 0 saturated carbocycles. The number of benzene rings is 1. The van der Waals surface area contributed by atoms with Crippen LogP contribution in [0.1, 0.15) is 30.4 Å². The maximum Gasteiger partial charge on any atom is 0.233 e. The molecule has 3 aliphatic rings. The Morgan fingerprint density at radius 1 is 0.862 bits per heavy atom. The third kappa shape index (κ3) is 4.36. The predicted molar refractivity (Wildman–Crippen MR) is 119 cm³/mol. The molecule has 0 bridgehead atoms. The smallest absolute Gasteiger partial charge is 0.233 e. The van der Waals surface area contributed by atoms with Crippen molar-refractivity contribution in [2.75, 3.05) is 44.2 Å². The SMILES string of the molecule is Cc1cccc(C)c1N1CCN(CCCN2C(=O)C3CC=CCC3C2=O)CC1.Cl. The molecule has 0 N–H and O–H groups in total. The second-order valence-corrected chi connectivity index (χ2v) is 8.41. The number of nitrogens with zero attached hydrogens (tertiary/aromatic N) is 3. The van der Waals surface area contributed by atoms with Gasteiger partial charge in [-0.1, -0.05) is 30.4 Å². The molecule has 0 aromatic heterocycles. The highest BCUT2D eigenvalue weighted by atomic mass is 35.5. The maximum absolute atomic E-state index is 12.5. The van der Waals surface area contributed by atoms with Gasteiger partial charge in [-0.15, -0.1) is 12.4 Å². The summed E-state index contributed by atoms with van der Waals surface area (Å²) in [5, 5.41) is 0. The predicted octanol–water partition coefficient (Wildman–Crippen LogP) is 3.19. The zero-order chi connectivity index (χ0) is 19.7. The van der Waals surface area contributed by atoms with Crippen molar-refractivity contribution in [3.63, 3.8) is 0 Å². The van der Waals surface area contributed by atoms with Gasteiger partial charge in [-0.05, 0) is 50.8 Å². The lowest BCUT2D eigenvalue weighted by molar-refractivity contribution is -0.140. The Labute approximate surface area is 180 Å². The number of likely N-dealkylation sites (tertiary alicyclic amines) is 1. The lowest BCUT2D eigenvalue weighted by atomic mass is 9.85. The lowest BCUT2D eigenvalue weighted by Gasteiger charge is -2.37. The molecule has 2 saturated heterocycles. The second kappa shape index (κ2) is 9.31. The van der Waals surface area contributed by atoms with E-state index in [1.165, 1.54) is 21.7 Å². The summed E-state index contributed by atoms with van der Waals surface area (Å²) in [7, 11) is 0. The number of allylic oxidation sites excluding steroid dienone is 2. The largest absolute Gasteiger partial charge is 0.369 e. The Morgan fingerprint density at radius 2 is 1.41 bits per heavy atom. The fourth-order valence-corrected chi connectivity index (χ4v) is 5.04. The molecule has 1 aromatic carbocycles. The summed E-state index contributed by atoms with van der Waals surface area (Å²) in [5.74, 6) is -0.0878. The summed E-state index contributed by atoms with van der Waals surface area (Å²) in [6.07, 6.45) is 6.42. The fraction of sp³-hybridized carbons (Fsp3) is 0.565. The highest BCUT2D eigenvalue weighted by Crippen LogP contribution is 2.35. The summed E-state index contributed by atoms with van der Waals surface area (Å²) >= 11 is 0. The number of anilines is 1. The zero-order valence-electron chi connectivity index (χ0n) is 17.5. The molecular weight excluding hydrogens is 386 g/mol. The number of halogens is 1. The van der Waals surface area contributed by atoms with Gasteiger partial charge in [0.1, 0.15) is 0 Å². The van der Waals surface area contributed by atoms with E-state index in [4.69, 9.17) is 0 Å². The van der Waals surface area contributed by atoms with E-state index >= 15 is 0 Å². The van der Waals surface area contributed by atoms with Crippen molar-refractivity contribution >= 4 is 29.9 Å². The molecule has 0 radical (unpaired) electrons. The van der Waals surface area contributed by atoms with E-state index < -0.39 is 0 Å². The number of amides is 2. The van der Waals surface area contributed by atoms with E-state index in [1.807, 2.05) is 12.2 Å². The molecule has 5 nitrogen and oxygen atoms in total. The van der Waals surface area contributed by atoms with Crippen LogP contribution in [0.4, 0.5) is 5.69 Å². The third-order valence-electron chi connectivity index (χ3n) is 6.58. The molecule has 4 rings (SSSR count). The first-order valence-electron chi connectivity index (χ1n) is 10.6. The van der Waals surface area contributed by atoms with Crippen LogP contribution in [0.5, 0.6) is 0 Å². The van der Waals surface area contributed by atoms with Gasteiger partial charge in [-0.25, -0.2) is 0 Å². The van der Waals surface area contributed by atoms with E-state index in [-0.39, 0.29) is 36.1 Å². The van der Waals surface area contributed by atoms with Gasteiger partial charge in [0.05, 0.1) is 11.8 Å². The van der Waals surface area contributed by atoms with Crippen LogP contribution in [0.2, 0.25) is 0 Å². The van der Waals surface area contributed by atoms with Crippen LogP contribution in [0.25, 0.3) is 0 Å². The zero-order valence-corrected chi connectivity index (χ0v) is 18.3. The van der Waals surface area contributed by atoms with Gasteiger partial charge < -0.3 is 4.90 Å². The highest BCUT2D eigenvalue weighted by molar-refractivity contribution is 6.05. The van der Waals surface area contributed by atoms with Crippen molar-refractivity contribution in [1.29, 1.82) is 0 Å². The monoisotopic (exact) mass is 417 g/mol. The fourth-order valence-electron chi connectivity index (χ4n) is 5.04. The number of hydrogen-bond donors (Lipinski definition) is 0. The first-order chi connectivity index (χ1) is 13.6. The van der Waals surface area contributed by atoms with Crippen molar-refractivity contribution in [1.82, 2.24) is 9.80 Å². The summed E-state index contributed by atoms with van der Waals surface area (Å²) < 4.78 is 0. The van der Waals surface area contributed by atoms with E-state index in [9.17, 15) is 9.59 Å². The average molecular weight is 418 g/mol. The molecule has 2 aliphatic heterocycles. The quantitative estimate of drug-likeness (QED) is 0.545. The minimum Gasteiger partial charge on any atom is -0.369 e. The lowest BCUT2D eigenvalue weighted by Crippen LogP contribution is -2.47. The molecule has 1 aliphatic carbocycles. The number of hydrogen-bond acceptors (Lipinski definition) is 4. The van der Waals surface area contributed by atoms with Gasteiger partial charge in [0.15, 0.2) is 0 Å². The van der Waals surface area contributed by atoms with Crippen molar-refractivity contribution in [2.45, 2.75) is 33.1 Å². The van der Waals surface area contributed by atoms with E-state index in [2.05, 4.69) is 41.8 Å². The van der Waals surface area contributed by atoms with Gasteiger partial charge in [0, 0.05) is 38.4 Å².